The van der Waals surface area contributed by atoms with Crippen LogP contribution in [0.15, 0.2) is 17.2 Å². The van der Waals surface area contributed by atoms with Crippen LogP contribution in [0.1, 0.15) is 23.3 Å². The van der Waals surface area contributed by atoms with Crippen LogP contribution in [-0.4, -0.2) is 24.9 Å². The Morgan fingerprint density at radius 3 is 2.71 bits per heavy atom. The van der Waals surface area contributed by atoms with Gasteiger partial charge in [0, 0.05) is 19.3 Å². The van der Waals surface area contributed by atoms with Gasteiger partial charge in [-0.1, -0.05) is 0 Å². The molecular formula is C9H14N4O3S. The quantitative estimate of drug-likeness (QED) is 0.368. The second kappa shape index (κ2) is 4.13. The highest BCUT2D eigenvalue weighted by molar-refractivity contribution is 7.89. The van der Waals surface area contributed by atoms with E-state index in [0.717, 1.165) is 12.8 Å². The highest BCUT2D eigenvalue weighted by atomic mass is 32.2. The molecule has 1 fully saturated rings. The molecule has 1 aliphatic carbocycles. The fraction of sp³-hybridized carbons (Fsp3) is 0.444. The van der Waals surface area contributed by atoms with Crippen molar-refractivity contribution in [3.63, 3.8) is 0 Å². The average molecular weight is 258 g/mol. The molecule has 0 saturated heterocycles. The van der Waals surface area contributed by atoms with Gasteiger partial charge in [-0.25, -0.2) is 19.0 Å². The van der Waals surface area contributed by atoms with Crippen LogP contribution in [0, 0.1) is 0 Å². The van der Waals surface area contributed by atoms with Crippen molar-refractivity contribution in [3.8, 4) is 0 Å². The van der Waals surface area contributed by atoms with E-state index < -0.39 is 15.9 Å². The van der Waals surface area contributed by atoms with Gasteiger partial charge in [-0.05, 0) is 18.9 Å². The number of aromatic nitrogens is 1. The number of amides is 1. The summed E-state index contributed by atoms with van der Waals surface area (Å²) in [6.45, 7) is 0. The van der Waals surface area contributed by atoms with E-state index in [0.29, 0.717) is 0 Å². The van der Waals surface area contributed by atoms with Crippen LogP contribution < -0.4 is 16.0 Å². The highest BCUT2D eigenvalue weighted by Gasteiger charge is 2.29. The SMILES string of the molecule is Cn1cc(S(=O)(=O)NC2CC2)cc1C(=O)NN. The minimum atomic E-state index is -3.53. The number of aryl methyl sites for hydroxylation is 1. The number of carbonyl (C=O) groups excluding carboxylic acids is 1. The molecule has 1 saturated carbocycles. The van der Waals surface area contributed by atoms with Crippen molar-refractivity contribution in [3.05, 3.63) is 18.0 Å². The number of hydrogen-bond acceptors (Lipinski definition) is 4. The Balaban J connectivity index is 2.30. The van der Waals surface area contributed by atoms with E-state index in [2.05, 4.69) is 4.72 Å². The van der Waals surface area contributed by atoms with Crippen LogP contribution in [0.25, 0.3) is 0 Å². The van der Waals surface area contributed by atoms with Gasteiger partial charge < -0.3 is 4.57 Å². The molecule has 0 aliphatic heterocycles. The summed E-state index contributed by atoms with van der Waals surface area (Å²) in [6, 6.07) is 1.33. The minimum Gasteiger partial charge on any atom is -0.345 e. The lowest BCUT2D eigenvalue weighted by Crippen LogP contribution is -2.31. The fourth-order valence-electron chi connectivity index (χ4n) is 1.47. The Kier molecular flexibility index (Phi) is 2.94. The molecular weight excluding hydrogens is 244 g/mol. The largest absolute Gasteiger partial charge is 0.345 e. The molecule has 0 unspecified atom stereocenters. The Bertz CT molecular complexity index is 545. The molecule has 1 aromatic heterocycles. The molecule has 0 radical (unpaired) electrons. The van der Waals surface area contributed by atoms with Crippen molar-refractivity contribution in [1.29, 1.82) is 0 Å². The maximum atomic E-state index is 11.9. The topological polar surface area (TPSA) is 106 Å². The van der Waals surface area contributed by atoms with Crippen molar-refractivity contribution < 1.29 is 13.2 Å². The van der Waals surface area contributed by atoms with Crippen LogP contribution in [-0.2, 0) is 17.1 Å². The molecule has 0 spiro atoms. The smallest absolute Gasteiger partial charge is 0.281 e. The van der Waals surface area contributed by atoms with Crippen molar-refractivity contribution in [2.45, 2.75) is 23.8 Å². The van der Waals surface area contributed by atoms with E-state index in [1.54, 1.807) is 7.05 Å². The van der Waals surface area contributed by atoms with E-state index in [4.69, 9.17) is 5.84 Å². The highest BCUT2D eigenvalue weighted by Crippen LogP contribution is 2.22. The molecule has 4 N–H and O–H groups in total. The summed E-state index contributed by atoms with van der Waals surface area (Å²) in [5.41, 5.74) is 2.16. The molecule has 2 rings (SSSR count). The van der Waals surface area contributed by atoms with Gasteiger partial charge in [0.25, 0.3) is 5.91 Å². The molecule has 8 heteroatoms. The molecule has 94 valence electrons. The average Bonchev–Trinajstić information content (AvgIpc) is 2.96. The maximum absolute atomic E-state index is 11.9. The standard InChI is InChI=1S/C9H14N4O3S/c1-13-5-7(4-8(13)9(14)11-10)17(15,16)12-6-2-3-6/h4-6,12H,2-3,10H2,1H3,(H,11,14). The predicted molar refractivity (Wildman–Crippen MR) is 60.4 cm³/mol. The van der Waals surface area contributed by atoms with Gasteiger partial charge >= 0.3 is 0 Å². The zero-order valence-electron chi connectivity index (χ0n) is 9.30. The third-order valence-electron chi connectivity index (χ3n) is 2.55. The van der Waals surface area contributed by atoms with E-state index in [1.807, 2.05) is 5.43 Å². The van der Waals surface area contributed by atoms with Gasteiger partial charge in [0.2, 0.25) is 10.0 Å². The van der Waals surface area contributed by atoms with Gasteiger partial charge in [0.05, 0.1) is 0 Å². The van der Waals surface area contributed by atoms with E-state index in [9.17, 15) is 13.2 Å². The Morgan fingerprint density at radius 2 is 2.18 bits per heavy atom. The van der Waals surface area contributed by atoms with Crippen LogP contribution in [0.2, 0.25) is 0 Å². The summed E-state index contributed by atoms with van der Waals surface area (Å²) >= 11 is 0. The molecule has 0 atom stereocenters. The number of hydrazine groups is 1. The van der Waals surface area contributed by atoms with Gasteiger partial charge in [-0.15, -0.1) is 0 Å². The van der Waals surface area contributed by atoms with E-state index >= 15 is 0 Å². The number of hydrogen-bond donors (Lipinski definition) is 3. The molecule has 17 heavy (non-hydrogen) atoms. The number of nitrogens with one attached hydrogen (secondary N) is 2. The van der Waals surface area contributed by atoms with Crippen LogP contribution >= 0.6 is 0 Å². The van der Waals surface area contributed by atoms with Crippen LogP contribution in [0.5, 0.6) is 0 Å². The third-order valence-corrected chi connectivity index (χ3v) is 4.04. The maximum Gasteiger partial charge on any atom is 0.281 e. The second-order valence-electron chi connectivity index (χ2n) is 4.04. The second-order valence-corrected chi connectivity index (χ2v) is 5.75. The Morgan fingerprint density at radius 1 is 1.53 bits per heavy atom. The summed E-state index contributed by atoms with van der Waals surface area (Å²) < 4.78 is 27.7. The zero-order valence-corrected chi connectivity index (χ0v) is 10.1. The van der Waals surface area contributed by atoms with Gasteiger partial charge in [0.15, 0.2) is 0 Å². The first-order chi connectivity index (χ1) is 7.94. The first kappa shape index (κ1) is 12.1. The first-order valence-corrected chi connectivity index (χ1v) is 6.62. The molecule has 0 bridgehead atoms. The lowest BCUT2D eigenvalue weighted by molar-refractivity contribution is 0.0945. The number of carbonyl (C=O) groups is 1. The van der Waals surface area contributed by atoms with Gasteiger partial charge in [-0.3, -0.25) is 10.2 Å². The molecule has 1 amide bonds. The fourth-order valence-corrected chi connectivity index (χ4v) is 2.84. The summed E-state index contributed by atoms with van der Waals surface area (Å²) in [5.74, 6) is 4.48. The summed E-state index contributed by atoms with van der Waals surface area (Å²) in [5, 5.41) is 0. The number of rotatable bonds is 4. The third kappa shape index (κ3) is 2.48. The Labute approximate surface area is 99.0 Å². The van der Waals surface area contributed by atoms with Crippen LogP contribution in [0.4, 0.5) is 0 Å². The first-order valence-electron chi connectivity index (χ1n) is 5.13. The molecule has 1 heterocycles. The van der Waals surface area contributed by atoms with Crippen molar-refractivity contribution in [1.82, 2.24) is 14.7 Å². The van der Waals surface area contributed by atoms with E-state index in [-0.39, 0.29) is 16.6 Å². The number of nitrogens with two attached hydrogens (primary N) is 1. The van der Waals surface area contributed by atoms with E-state index in [1.165, 1.54) is 16.8 Å². The lowest BCUT2D eigenvalue weighted by atomic mass is 10.4. The molecule has 7 nitrogen and oxygen atoms in total. The summed E-state index contributed by atoms with van der Waals surface area (Å²) in [4.78, 5) is 11.4. The van der Waals surface area contributed by atoms with Crippen molar-refractivity contribution in [2.75, 3.05) is 0 Å². The van der Waals surface area contributed by atoms with Crippen LogP contribution in [0.3, 0.4) is 0 Å². The monoisotopic (exact) mass is 258 g/mol. The number of sulfonamides is 1. The van der Waals surface area contributed by atoms with Crippen molar-refractivity contribution >= 4 is 15.9 Å². The Hall–Kier alpha value is -1.38. The number of nitrogens with zero attached hydrogens (tertiary/aromatic N) is 1. The van der Waals surface area contributed by atoms with Gasteiger partial charge in [-0.2, -0.15) is 0 Å². The summed E-state index contributed by atoms with van der Waals surface area (Å²) in [7, 11) is -1.95. The molecule has 1 aliphatic rings. The normalized spacial score (nSPS) is 15.9. The molecule has 1 aromatic rings. The minimum absolute atomic E-state index is 0.0343. The molecule has 0 aromatic carbocycles. The van der Waals surface area contributed by atoms with Gasteiger partial charge in [0.1, 0.15) is 10.6 Å². The number of nitrogen functional groups attached to an aromatic ring is 1. The van der Waals surface area contributed by atoms with Crippen molar-refractivity contribution in [2.24, 2.45) is 12.9 Å². The summed E-state index contributed by atoms with van der Waals surface area (Å²) in [6.07, 6.45) is 3.11. The predicted octanol–water partition coefficient (Wildman–Crippen LogP) is -0.931. The lowest BCUT2D eigenvalue weighted by Gasteiger charge is -2.01. The zero-order chi connectivity index (χ0) is 12.6.